The summed E-state index contributed by atoms with van der Waals surface area (Å²) in [5.74, 6) is -0.431. The number of carbonyl (C=O) groups excluding carboxylic acids is 3. The topological polar surface area (TPSA) is 110 Å². The van der Waals surface area contributed by atoms with Crippen LogP contribution in [-0.4, -0.2) is 35.0 Å². The number of benzene rings is 2. The van der Waals surface area contributed by atoms with Crippen LogP contribution in [0.3, 0.4) is 0 Å². The standard InChI is InChI=1S/C21H18N4O4/c1-13(26)14-3-7-16(8-4-14)22-19-12-11-18(24-25-19)20(27)23-17-9-5-15(6-10-17)21(28)29-2/h3-12H,1-2H3,(H,22,25)(H,23,27). The van der Waals surface area contributed by atoms with Gasteiger partial charge in [-0.15, -0.1) is 10.2 Å². The number of hydrogen-bond donors (Lipinski definition) is 2. The number of ether oxygens (including phenoxy) is 1. The molecule has 0 spiro atoms. The first-order valence-electron chi connectivity index (χ1n) is 8.68. The van der Waals surface area contributed by atoms with Gasteiger partial charge in [0.1, 0.15) is 0 Å². The number of aromatic nitrogens is 2. The molecule has 1 aromatic heterocycles. The van der Waals surface area contributed by atoms with Gasteiger partial charge in [-0.1, -0.05) is 0 Å². The van der Waals surface area contributed by atoms with Crippen molar-refractivity contribution < 1.29 is 19.1 Å². The fraction of sp³-hybridized carbons (Fsp3) is 0.0952. The summed E-state index contributed by atoms with van der Waals surface area (Å²) in [5.41, 5.74) is 2.40. The maximum atomic E-state index is 12.3. The van der Waals surface area contributed by atoms with Gasteiger partial charge in [0, 0.05) is 16.9 Å². The summed E-state index contributed by atoms with van der Waals surface area (Å²) in [6.07, 6.45) is 0. The van der Waals surface area contributed by atoms with Crippen molar-refractivity contribution in [3.05, 3.63) is 77.5 Å². The molecule has 0 radical (unpaired) electrons. The summed E-state index contributed by atoms with van der Waals surface area (Å²) in [7, 11) is 1.30. The predicted octanol–water partition coefficient (Wildman–Crippen LogP) is 3.46. The van der Waals surface area contributed by atoms with Crippen LogP contribution in [0.2, 0.25) is 0 Å². The van der Waals surface area contributed by atoms with Gasteiger partial charge >= 0.3 is 5.97 Å². The molecule has 0 unspecified atom stereocenters. The molecule has 0 aliphatic heterocycles. The Hall–Kier alpha value is -4.07. The molecule has 2 N–H and O–H groups in total. The molecule has 8 nitrogen and oxygen atoms in total. The number of methoxy groups -OCH3 is 1. The number of hydrogen-bond acceptors (Lipinski definition) is 7. The average Bonchev–Trinajstić information content (AvgIpc) is 2.74. The Morgan fingerprint density at radius 3 is 1.97 bits per heavy atom. The Bertz CT molecular complexity index is 1030. The normalized spacial score (nSPS) is 10.1. The van der Waals surface area contributed by atoms with Gasteiger partial charge < -0.3 is 15.4 Å². The Labute approximate surface area is 166 Å². The largest absolute Gasteiger partial charge is 0.465 e. The number of amides is 1. The summed E-state index contributed by atoms with van der Waals surface area (Å²) in [6.45, 7) is 1.51. The van der Waals surface area contributed by atoms with Gasteiger partial charge in [-0.2, -0.15) is 0 Å². The Balaban J connectivity index is 1.62. The minimum atomic E-state index is -0.451. The van der Waals surface area contributed by atoms with Gasteiger partial charge in [0.2, 0.25) is 0 Å². The van der Waals surface area contributed by atoms with Crippen molar-refractivity contribution in [1.82, 2.24) is 10.2 Å². The van der Waals surface area contributed by atoms with E-state index in [1.165, 1.54) is 20.1 Å². The lowest BCUT2D eigenvalue weighted by Gasteiger charge is -2.07. The molecule has 0 aliphatic rings. The van der Waals surface area contributed by atoms with Crippen LogP contribution in [0.1, 0.15) is 38.1 Å². The van der Waals surface area contributed by atoms with Crippen LogP contribution in [0.15, 0.2) is 60.7 Å². The number of nitrogens with one attached hydrogen (secondary N) is 2. The first-order valence-corrected chi connectivity index (χ1v) is 8.68. The zero-order chi connectivity index (χ0) is 20.8. The maximum absolute atomic E-state index is 12.3. The quantitative estimate of drug-likeness (QED) is 0.490. The van der Waals surface area contributed by atoms with E-state index in [1.807, 2.05) is 0 Å². The third-order valence-electron chi connectivity index (χ3n) is 4.02. The molecular formula is C21H18N4O4. The fourth-order valence-electron chi connectivity index (χ4n) is 2.46. The fourth-order valence-corrected chi connectivity index (χ4v) is 2.46. The van der Waals surface area contributed by atoms with E-state index in [9.17, 15) is 14.4 Å². The van der Waals surface area contributed by atoms with Crippen molar-refractivity contribution in [1.29, 1.82) is 0 Å². The van der Waals surface area contributed by atoms with Crippen LogP contribution < -0.4 is 10.6 Å². The van der Waals surface area contributed by atoms with E-state index in [0.29, 0.717) is 22.6 Å². The van der Waals surface area contributed by atoms with Gasteiger partial charge in [-0.3, -0.25) is 9.59 Å². The second-order valence-corrected chi connectivity index (χ2v) is 6.09. The first kappa shape index (κ1) is 19.7. The Kier molecular flexibility index (Phi) is 5.94. The molecular weight excluding hydrogens is 372 g/mol. The second kappa shape index (κ2) is 8.75. The highest BCUT2D eigenvalue weighted by Crippen LogP contribution is 2.16. The molecule has 146 valence electrons. The highest BCUT2D eigenvalue weighted by Gasteiger charge is 2.10. The number of anilines is 3. The van der Waals surface area contributed by atoms with Crippen molar-refractivity contribution in [2.75, 3.05) is 17.7 Å². The number of esters is 1. The summed E-state index contributed by atoms with van der Waals surface area (Å²) in [4.78, 5) is 35.0. The SMILES string of the molecule is COC(=O)c1ccc(NC(=O)c2ccc(Nc3ccc(C(C)=O)cc3)nn2)cc1. The summed E-state index contributed by atoms with van der Waals surface area (Å²) >= 11 is 0. The molecule has 3 rings (SSSR count). The molecule has 0 bridgehead atoms. The van der Waals surface area contributed by atoms with E-state index >= 15 is 0 Å². The molecule has 3 aromatic rings. The lowest BCUT2D eigenvalue weighted by molar-refractivity contribution is 0.0600. The van der Waals surface area contributed by atoms with E-state index < -0.39 is 11.9 Å². The monoisotopic (exact) mass is 390 g/mol. The van der Waals surface area contributed by atoms with Gasteiger partial charge in [-0.25, -0.2) is 4.79 Å². The highest BCUT2D eigenvalue weighted by molar-refractivity contribution is 6.03. The van der Waals surface area contributed by atoms with Gasteiger partial charge in [0.05, 0.1) is 12.7 Å². The average molecular weight is 390 g/mol. The van der Waals surface area contributed by atoms with Crippen molar-refractivity contribution in [2.45, 2.75) is 6.92 Å². The van der Waals surface area contributed by atoms with E-state index in [-0.39, 0.29) is 11.5 Å². The third-order valence-corrected chi connectivity index (χ3v) is 4.02. The minimum absolute atomic E-state index is 0.00774. The molecule has 0 atom stereocenters. The van der Waals surface area contributed by atoms with Crippen molar-refractivity contribution in [3.8, 4) is 0 Å². The van der Waals surface area contributed by atoms with Crippen LogP contribution in [0.5, 0.6) is 0 Å². The molecule has 1 heterocycles. The smallest absolute Gasteiger partial charge is 0.337 e. The molecule has 0 saturated carbocycles. The van der Waals surface area contributed by atoms with Crippen LogP contribution in [0, 0.1) is 0 Å². The number of carbonyl (C=O) groups is 3. The van der Waals surface area contributed by atoms with E-state index in [0.717, 1.165) is 5.69 Å². The van der Waals surface area contributed by atoms with Crippen molar-refractivity contribution in [3.63, 3.8) is 0 Å². The number of rotatable bonds is 6. The third kappa shape index (κ3) is 5.01. The minimum Gasteiger partial charge on any atom is -0.465 e. The van der Waals surface area contributed by atoms with E-state index in [4.69, 9.17) is 0 Å². The molecule has 0 saturated heterocycles. The Morgan fingerprint density at radius 2 is 1.41 bits per heavy atom. The van der Waals surface area contributed by atoms with Crippen molar-refractivity contribution >= 4 is 34.9 Å². The molecule has 1 amide bonds. The summed E-state index contributed by atoms with van der Waals surface area (Å²) in [6, 6.07) is 16.4. The van der Waals surface area contributed by atoms with E-state index in [2.05, 4.69) is 25.6 Å². The first-order chi connectivity index (χ1) is 14.0. The highest BCUT2D eigenvalue weighted by atomic mass is 16.5. The molecule has 2 aromatic carbocycles. The number of Topliss-reactive ketones (excluding diaryl/α,β-unsaturated/α-hetero) is 1. The number of nitrogens with zero attached hydrogens (tertiary/aromatic N) is 2. The van der Waals surface area contributed by atoms with E-state index in [1.54, 1.807) is 54.6 Å². The zero-order valence-corrected chi connectivity index (χ0v) is 15.8. The van der Waals surface area contributed by atoms with Crippen LogP contribution >= 0.6 is 0 Å². The molecule has 29 heavy (non-hydrogen) atoms. The maximum Gasteiger partial charge on any atom is 0.337 e. The van der Waals surface area contributed by atoms with Crippen LogP contribution in [-0.2, 0) is 4.74 Å². The van der Waals surface area contributed by atoms with Gasteiger partial charge in [0.25, 0.3) is 5.91 Å². The lowest BCUT2D eigenvalue weighted by Crippen LogP contribution is -2.14. The second-order valence-electron chi connectivity index (χ2n) is 6.09. The molecule has 8 heteroatoms. The van der Waals surface area contributed by atoms with Gasteiger partial charge in [-0.05, 0) is 67.6 Å². The van der Waals surface area contributed by atoms with Gasteiger partial charge in [0.15, 0.2) is 17.3 Å². The summed E-state index contributed by atoms with van der Waals surface area (Å²) < 4.78 is 4.63. The number of ketones is 1. The van der Waals surface area contributed by atoms with Crippen molar-refractivity contribution in [2.24, 2.45) is 0 Å². The molecule has 0 fully saturated rings. The zero-order valence-electron chi connectivity index (χ0n) is 15.8. The summed E-state index contributed by atoms with van der Waals surface area (Å²) in [5, 5.41) is 13.6. The van der Waals surface area contributed by atoms with Crippen LogP contribution in [0.25, 0.3) is 0 Å². The van der Waals surface area contributed by atoms with Crippen LogP contribution in [0.4, 0.5) is 17.2 Å². The molecule has 0 aliphatic carbocycles. The lowest BCUT2D eigenvalue weighted by atomic mass is 10.1. The predicted molar refractivity (Wildman–Crippen MR) is 107 cm³/mol. The Morgan fingerprint density at radius 1 is 0.793 bits per heavy atom.